The highest BCUT2D eigenvalue weighted by Crippen LogP contribution is 2.16. The minimum absolute atomic E-state index is 0.216. The maximum absolute atomic E-state index is 12.7. The van der Waals surface area contributed by atoms with Crippen molar-refractivity contribution in [3.8, 4) is 0 Å². The fourth-order valence-electron chi connectivity index (χ4n) is 2.94. The van der Waals surface area contributed by atoms with Crippen LogP contribution in [0, 0.1) is 5.92 Å². The van der Waals surface area contributed by atoms with Gasteiger partial charge in [-0.3, -0.25) is 15.6 Å². The van der Waals surface area contributed by atoms with Gasteiger partial charge in [0.2, 0.25) is 5.91 Å². The van der Waals surface area contributed by atoms with Gasteiger partial charge in [-0.1, -0.05) is 30.3 Å². The van der Waals surface area contributed by atoms with Crippen LogP contribution < -0.4 is 10.9 Å². The van der Waals surface area contributed by atoms with E-state index in [1.807, 2.05) is 28.5 Å². The van der Waals surface area contributed by atoms with E-state index in [-0.39, 0.29) is 5.91 Å². The van der Waals surface area contributed by atoms with Crippen molar-refractivity contribution in [2.24, 2.45) is 5.92 Å². The summed E-state index contributed by atoms with van der Waals surface area (Å²) in [6, 6.07) is 10.2. The molecule has 24 heavy (non-hydrogen) atoms. The van der Waals surface area contributed by atoms with Gasteiger partial charge in [0.15, 0.2) is 0 Å². The smallest absolute Gasteiger partial charge is 0.223 e. The van der Waals surface area contributed by atoms with E-state index in [4.69, 9.17) is 0 Å². The third-order valence-corrected chi connectivity index (χ3v) is 5.05. The molecule has 0 aliphatic carbocycles. The van der Waals surface area contributed by atoms with Crippen LogP contribution in [-0.4, -0.2) is 28.9 Å². The molecule has 2 aromatic rings. The topological polar surface area (TPSA) is 57.3 Å². The molecule has 1 amide bonds. The highest BCUT2D eigenvalue weighted by atomic mass is 32.1. The summed E-state index contributed by atoms with van der Waals surface area (Å²) in [6.45, 7) is 3.24. The van der Waals surface area contributed by atoms with Gasteiger partial charge in [0.25, 0.3) is 0 Å². The summed E-state index contributed by atoms with van der Waals surface area (Å²) in [5.41, 5.74) is 7.45. The number of carbonyl (C=O) groups is 1. The quantitative estimate of drug-likeness (QED) is 0.773. The zero-order valence-corrected chi connectivity index (χ0v) is 14.6. The number of thiazole rings is 1. The van der Waals surface area contributed by atoms with Crippen LogP contribution in [0.1, 0.15) is 29.8 Å². The SMILES string of the molecule is O=C(CCCC1CNNC1)N(Cc1ccccc1)Cc1nccs1. The van der Waals surface area contributed by atoms with Gasteiger partial charge in [-0.2, -0.15) is 0 Å². The number of nitrogens with zero attached hydrogens (tertiary/aromatic N) is 2. The zero-order valence-electron chi connectivity index (χ0n) is 13.8. The van der Waals surface area contributed by atoms with Crippen molar-refractivity contribution >= 4 is 17.2 Å². The van der Waals surface area contributed by atoms with Gasteiger partial charge in [-0.15, -0.1) is 11.3 Å². The van der Waals surface area contributed by atoms with Crippen LogP contribution in [0.2, 0.25) is 0 Å². The molecule has 1 aliphatic rings. The second kappa shape index (κ2) is 8.92. The van der Waals surface area contributed by atoms with Gasteiger partial charge in [0, 0.05) is 37.6 Å². The lowest BCUT2D eigenvalue weighted by Gasteiger charge is -2.22. The Morgan fingerprint density at radius 1 is 1.21 bits per heavy atom. The monoisotopic (exact) mass is 344 g/mol. The average Bonchev–Trinajstić information content (AvgIpc) is 3.29. The standard InChI is InChI=1S/C18H24N4OS/c23-18(8-4-7-16-11-20-21-12-16)22(14-17-19-9-10-24-17)13-15-5-2-1-3-6-15/h1-3,5-6,9-10,16,20-21H,4,7-8,11-14H2. The summed E-state index contributed by atoms with van der Waals surface area (Å²) < 4.78 is 0. The fraction of sp³-hybridized carbons (Fsp3) is 0.444. The lowest BCUT2D eigenvalue weighted by atomic mass is 10.0. The van der Waals surface area contributed by atoms with Gasteiger partial charge in [0.1, 0.15) is 5.01 Å². The zero-order chi connectivity index (χ0) is 16.6. The molecule has 1 fully saturated rings. The summed E-state index contributed by atoms with van der Waals surface area (Å²) in [7, 11) is 0. The van der Waals surface area contributed by atoms with Crippen LogP contribution in [0.25, 0.3) is 0 Å². The first-order valence-electron chi connectivity index (χ1n) is 8.47. The number of hydrogen-bond acceptors (Lipinski definition) is 5. The van der Waals surface area contributed by atoms with E-state index >= 15 is 0 Å². The molecular weight excluding hydrogens is 320 g/mol. The Morgan fingerprint density at radius 2 is 2.00 bits per heavy atom. The average molecular weight is 344 g/mol. The highest BCUT2D eigenvalue weighted by molar-refractivity contribution is 7.09. The van der Waals surface area contributed by atoms with Gasteiger partial charge in [-0.05, 0) is 24.3 Å². The Balaban J connectivity index is 1.56. The molecule has 128 valence electrons. The maximum atomic E-state index is 12.7. The number of amides is 1. The van der Waals surface area contributed by atoms with E-state index in [1.54, 1.807) is 17.5 Å². The normalized spacial score (nSPS) is 14.8. The molecule has 1 aromatic carbocycles. The van der Waals surface area contributed by atoms with Crippen molar-refractivity contribution in [1.82, 2.24) is 20.7 Å². The Kier molecular flexibility index (Phi) is 6.34. The molecule has 2 heterocycles. The summed E-state index contributed by atoms with van der Waals surface area (Å²) in [4.78, 5) is 19.0. The number of rotatable bonds is 8. The molecule has 3 rings (SSSR count). The van der Waals surface area contributed by atoms with Gasteiger partial charge in [0.05, 0.1) is 6.54 Å². The predicted molar refractivity (Wildman–Crippen MR) is 96.2 cm³/mol. The Bertz CT molecular complexity index is 611. The number of nitrogens with one attached hydrogen (secondary N) is 2. The lowest BCUT2D eigenvalue weighted by Crippen LogP contribution is -2.30. The van der Waals surface area contributed by atoms with E-state index in [0.717, 1.165) is 36.5 Å². The summed E-state index contributed by atoms with van der Waals surface area (Å²) in [6.07, 6.45) is 4.43. The van der Waals surface area contributed by atoms with Crippen molar-refractivity contribution in [2.75, 3.05) is 13.1 Å². The third kappa shape index (κ3) is 5.12. The molecule has 6 heteroatoms. The Labute approximate surface area is 147 Å². The van der Waals surface area contributed by atoms with Crippen LogP contribution >= 0.6 is 11.3 Å². The maximum Gasteiger partial charge on any atom is 0.223 e. The van der Waals surface area contributed by atoms with Crippen LogP contribution in [0.3, 0.4) is 0 Å². The molecule has 5 nitrogen and oxygen atoms in total. The Hall–Kier alpha value is -1.76. The number of hydrazine groups is 1. The number of carbonyl (C=O) groups excluding carboxylic acids is 1. The fourth-order valence-corrected chi connectivity index (χ4v) is 3.57. The molecule has 0 saturated carbocycles. The van der Waals surface area contributed by atoms with E-state index in [1.165, 1.54) is 0 Å². The Morgan fingerprint density at radius 3 is 2.71 bits per heavy atom. The van der Waals surface area contributed by atoms with Crippen molar-refractivity contribution in [3.63, 3.8) is 0 Å². The van der Waals surface area contributed by atoms with Gasteiger partial charge in [-0.25, -0.2) is 4.98 Å². The molecule has 0 radical (unpaired) electrons. The molecule has 1 aliphatic heterocycles. The molecule has 1 aromatic heterocycles. The van der Waals surface area contributed by atoms with Gasteiger partial charge < -0.3 is 4.90 Å². The van der Waals surface area contributed by atoms with Crippen molar-refractivity contribution in [3.05, 3.63) is 52.5 Å². The molecule has 0 atom stereocenters. The minimum atomic E-state index is 0.216. The van der Waals surface area contributed by atoms with E-state index in [0.29, 0.717) is 25.4 Å². The summed E-state index contributed by atoms with van der Waals surface area (Å²) in [5.74, 6) is 0.854. The number of benzene rings is 1. The lowest BCUT2D eigenvalue weighted by molar-refractivity contribution is -0.132. The molecule has 2 N–H and O–H groups in total. The summed E-state index contributed by atoms with van der Waals surface area (Å²) >= 11 is 1.60. The highest BCUT2D eigenvalue weighted by Gasteiger charge is 2.18. The second-order valence-corrected chi connectivity index (χ2v) is 7.16. The minimum Gasteiger partial charge on any atom is -0.332 e. The van der Waals surface area contributed by atoms with E-state index < -0.39 is 0 Å². The first-order chi connectivity index (χ1) is 11.8. The third-order valence-electron chi connectivity index (χ3n) is 4.29. The van der Waals surface area contributed by atoms with Gasteiger partial charge >= 0.3 is 0 Å². The molecular formula is C18H24N4OS. The van der Waals surface area contributed by atoms with Crippen LogP contribution in [0.5, 0.6) is 0 Å². The van der Waals surface area contributed by atoms with Crippen LogP contribution in [-0.2, 0) is 17.9 Å². The molecule has 0 unspecified atom stereocenters. The van der Waals surface area contributed by atoms with Crippen LogP contribution in [0.15, 0.2) is 41.9 Å². The molecule has 0 bridgehead atoms. The van der Waals surface area contributed by atoms with Crippen molar-refractivity contribution in [2.45, 2.75) is 32.4 Å². The van der Waals surface area contributed by atoms with Crippen molar-refractivity contribution < 1.29 is 4.79 Å². The first kappa shape index (κ1) is 17.1. The van der Waals surface area contributed by atoms with E-state index in [9.17, 15) is 4.79 Å². The summed E-state index contributed by atoms with van der Waals surface area (Å²) in [5, 5.41) is 2.95. The first-order valence-corrected chi connectivity index (χ1v) is 9.35. The van der Waals surface area contributed by atoms with E-state index in [2.05, 4.69) is 28.0 Å². The van der Waals surface area contributed by atoms with Crippen molar-refractivity contribution in [1.29, 1.82) is 0 Å². The second-order valence-electron chi connectivity index (χ2n) is 6.18. The number of aromatic nitrogens is 1. The predicted octanol–water partition coefficient (Wildman–Crippen LogP) is 2.57. The molecule has 0 spiro atoms. The number of hydrogen-bond donors (Lipinski definition) is 2. The molecule has 1 saturated heterocycles. The largest absolute Gasteiger partial charge is 0.332 e. The van der Waals surface area contributed by atoms with Crippen LogP contribution in [0.4, 0.5) is 0 Å².